The van der Waals surface area contributed by atoms with Crippen LogP contribution in [0.3, 0.4) is 0 Å². The maximum Gasteiger partial charge on any atom is 0.268 e. The second-order valence-electron chi connectivity index (χ2n) is 8.88. The van der Waals surface area contributed by atoms with E-state index in [0.717, 1.165) is 42.4 Å². The van der Waals surface area contributed by atoms with Crippen molar-refractivity contribution in [3.05, 3.63) is 91.2 Å². The van der Waals surface area contributed by atoms with E-state index in [2.05, 4.69) is 18.5 Å². The molecule has 1 aliphatic rings. The molecule has 1 aliphatic heterocycles. The van der Waals surface area contributed by atoms with Gasteiger partial charge in [0.15, 0.2) is 0 Å². The van der Waals surface area contributed by atoms with Crippen molar-refractivity contribution < 1.29 is 13.2 Å². The number of carbonyl (C=O) groups is 1. The van der Waals surface area contributed by atoms with Crippen molar-refractivity contribution in [1.29, 1.82) is 0 Å². The van der Waals surface area contributed by atoms with E-state index in [4.69, 9.17) is 0 Å². The predicted octanol–water partition coefficient (Wildman–Crippen LogP) is 4.40. The van der Waals surface area contributed by atoms with E-state index in [9.17, 15) is 13.2 Å². The van der Waals surface area contributed by atoms with Crippen molar-refractivity contribution in [2.45, 2.75) is 43.2 Å². The third-order valence-electron chi connectivity index (χ3n) is 6.77. The van der Waals surface area contributed by atoms with Crippen LogP contribution in [0, 0.1) is 6.92 Å². The number of piperidine rings is 1. The summed E-state index contributed by atoms with van der Waals surface area (Å²) < 4.78 is 28.0. The minimum absolute atomic E-state index is 0.132. The average Bonchev–Trinajstić information content (AvgIpc) is 3.29. The van der Waals surface area contributed by atoms with E-state index >= 15 is 0 Å². The molecule has 2 heterocycles. The lowest BCUT2D eigenvalue weighted by molar-refractivity contribution is -0.134. The van der Waals surface area contributed by atoms with Gasteiger partial charge in [0.05, 0.1) is 10.4 Å². The van der Waals surface area contributed by atoms with Crippen LogP contribution >= 0.6 is 0 Å². The molecule has 3 aromatic rings. The molecule has 7 heteroatoms. The maximum atomic E-state index is 13.4. The van der Waals surface area contributed by atoms with Gasteiger partial charge in [0.1, 0.15) is 0 Å². The Morgan fingerprint density at radius 1 is 1.12 bits per heavy atom. The number of fused-ring (bicyclic) bond motifs is 1. The Balaban J connectivity index is 1.77. The quantitative estimate of drug-likeness (QED) is 0.386. The Kier molecular flexibility index (Phi) is 6.77. The molecular formula is C27H31N3O3S. The number of nitrogens with one attached hydrogen (secondary N) is 1. The molecule has 1 N–H and O–H groups in total. The normalized spacial score (nSPS) is 15.7. The fourth-order valence-corrected chi connectivity index (χ4v) is 6.23. The molecule has 1 fully saturated rings. The SMILES string of the molecule is C=CCC1(N(Cc2cccc3c2ccn3S(=O)(=O)c2ccc(C)cc2)C(=O)C=C)CCNCC1. The number of hydrogen-bond acceptors (Lipinski definition) is 4. The molecule has 0 unspecified atom stereocenters. The maximum absolute atomic E-state index is 13.4. The molecule has 178 valence electrons. The van der Waals surface area contributed by atoms with Gasteiger partial charge in [-0.2, -0.15) is 0 Å². The molecule has 0 atom stereocenters. The molecular weight excluding hydrogens is 446 g/mol. The van der Waals surface area contributed by atoms with Gasteiger partial charge in [-0.15, -0.1) is 6.58 Å². The minimum Gasteiger partial charge on any atom is -0.329 e. The zero-order chi connectivity index (χ0) is 24.3. The summed E-state index contributed by atoms with van der Waals surface area (Å²) in [5.41, 5.74) is 2.13. The Labute approximate surface area is 201 Å². The standard InChI is InChI=1S/C27H31N3O3S/c1-4-14-27(15-17-28-18-16-27)29(26(31)5-2)20-22-7-6-8-25-24(22)13-19-30(25)34(32,33)23-11-9-21(3)10-12-23/h4-13,19,28H,1-2,14-18,20H2,3H3. The second-order valence-corrected chi connectivity index (χ2v) is 10.7. The summed E-state index contributed by atoms with van der Waals surface area (Å²) in [6.07, 6.45) is 7.15. The van der Waals surface area contributed by atoms with E-state index in [1.807, 2.05) is 36.1 Å². The lowest BCUT2D eigenvalue weighted by Crippen LogP contribution is -2.55. The minimum atomic E-state index is -3.75. The molecule has 4 rings (SSSR count). The van der Waals surface area contributed by atoms with Crippen LogP contribution < -0.4 is 5.32 Å². The predicted molar refractivity (Wildman–Crippen MR) is 136 cm³/mol. The number of hydrogen-bond donors (Lipinski definition) is 1. The molecule has 0 aliphatic carbocycles. The van der Waals surface area contributed by atoms with Crippen molar-refractivity contribution in [2.75, 3.05) is 13.1 Å². The van der Waals surface area contributed by atoms with E-state index in [1.165, 1.54) is 10.0 Å². The zero-order valence-corrected chi connectivity index (χ0v) is 20.4. The van der Waals surface area contributed by atoms with Gasteiger partial charge >= 0.3 is 0 Å². The molecule has 0 saturated carbocycles. The van der Waals surface area contributed by atoms with Crippen LogP contribution in [-0.2, 0) is 21.4 Å². The van der Waals surface area contributed by atoms with Crippen molar-refractivity contribution in [3.8, 4) is 0 Å². The summed E-state index contributed by atoms with van der Waals surface area (Å²) in [5.74, 6) is -0.132. The van der Waals surface area contributed by atoms with Gasteiger partial charge in [0.25, 0.3) is 10.0 Å². The average molecular weight is 478 g/mol. The van der Waals surface area contributed by atoms with Gasteiger partial charge in [-0.25, -0.2) is 12.4 Å². The first-order valence-corrected chi connectivity index (χ1v) is 12.9. The molecule has 6 nitrogen and oxygen atoms in total. The molecule has 1 aromatic heterocycles. The van der Waals surface area contributed by atoms with Crippen molar-refractivity contribution in [3.63, 3.8) is 0 Å². The summed E-state index contributed by atoms with van der Waals surface area (Å²) >= 11 is 0. The lowest BCUT2D eigenvalue weighted by atomic mass is 9.82. The van der Waals surface area contributed by atoms with E-state index < -0.39 is 10.0 Å². The number of nitrogens with zero attached hydrogens (tertiary/aromatic N) is 2. The lowest BCUT2D eigenvalue weighted by Gasteiger charge is -2.46. The summed E-state index contributed by atoms with van der Waals surface area (Å²) in [7, 11) is -3.75. The Morgan fingerprint density at radius 3 is 2.47 bits per heavy atom. The van der Waals surface area contributed by atoms with Crippen LogP contribution in [0.5, 0.6) is 0 Å². The van der Waals surface area contributed by atoms with Crippen molar-refractivity contribution in [2.24, 2.45) is 0 Å². The Hall–Kier alpha value is -3.16. The Bertz CT molecular complexity index is 1320. The molecule has 2 aromatic carbocycles. The smallest absolute Gasteiger partial charge is 0.268 e. The molecule has 1 saturated heterocycles. The zero-order valence-electron chi connectivity index (χ0n) is 19.5. The van der Waals surface area contributed by atoms with E-state index in [-0.39, 0.29) is 16.3 Å². The van der Waals surface area contributed by atoms with Crippen LogP contribution in [0.1, 0.15) is 30.4 Å². The highest BCUT2D eigenvalue weighted by Gasteiger charge is 2.39. The molecule has 1 amide bonds. The number of rotatable bonds is 8. The van der Waals surface area contributed by atoms with Gasteiger partial charge in [-0.3, -0.25) is 4.79 Å². The second kappa shape index (κ2) is 9.60. The number of aromatic nitrogens is 1. The molecule has 0 bridgehead atoms. The third-order valence-corrected chi connectivity index (χ3v) is 8.47. The highest BCUT2D eigenvalue weighted by atomic mass is 32.2. The van der Waals surface area contributed by atoms with Gasteiger partial charge in [-0.1, -0.05) is 42.5 Å². The van der Waals surface area contributed by atoms with Crippen LogP contribution in [0.2, 0.25) is 0 Å². The third kappa shape index (κ3) is 4.33. The van der Waals surface area contributed by atoms with Gasteiger partial charge < -0.3 is 10.2 Å². The molecule has 0 radical (unpaired) electrons. The first kappa shape index (κ1) is 24.0. The first-order chi connectivity index (χ1) is 16.3. The molecule has 34 heavy (non-hydrogen) atoms. The van der Waals surface area contributed by atoms with Crippen LogP contribution in [0.15, 0.2) is 84.9 Å². The topological polar surface area (TPSA) is 71.4 Å². The van der Waals surface area contributed by atoms with E-state index in [0.29, 0.717) is 18.5 Å². The van der Waals surface area contributed by atoms with Gasteiger partial charge in [0.2, 0.25) is 5.91 Å². The number of carbonyl (C=O) groups excluding carboxylic acids is 1. The monoisotopic (exact) mass is 477 g/mol. The van der Waals surface area contributed by atoms with Crippen molar-refractivity contribution >= 4 is 26.8 Å². The largest absolute Gasteiger partial charge is 0.329 e. The van der Waals surface area contributed by atoms with Crippen LogP contribution in [0.4, 0.5) is 0 Å². The Morgan fingerprint density at radius 2 is 1.82 bits per heavy atom. The molecule has 0 spiro atoms. The van der Waals surface area contributed by atoms with Crippen molar-refractivity contribution in [1.82, 2.24) is 14.2 Å². The number of benzene rings is 2. The summed E-state index contributed by atoms with van der Waals surface area (Å²) in [6.45, 7) is 11.6. The van der Waals surface area contributed by atoms with Gasteiger partial charge in [0, 0.05) is 23.7 Å². The van der Waals surface area contributed by atoms with Gasteiger partial charge in [-0.05, 0) is 75.2 Å². The first-order valence-electron chi connectivity index (χ1n) is 11.5. The number of amides is 1. The number of aryl methyl sites for hydroxylation is 1. The highest BCUT2D eigenvalue weighted by Crippen LogP contribution is 2.34. The summed E-state index contributed by atoms with van der Waals surface area (Å²) in [5, 5.41) is 4.18. The summed E-state index contributed by atoms with van der Waals surface area (Å²) in [4.78, 5) is 15.2. The summed E-state index contributed by atoms with van der Waals surface area (Å²) in [6, 6.07) is 14.3. The highest BCUT2D eigenvalue weighted by molar-refractivity contribution is 7.90. The fraction of sp³-hybridized carbons (Fsp3) is 0.296. The van der Waals surface area contributed by atoms with Crippen LogP contribution in [0.25, 0.3) is 10.9 Å². The fourth-order valence-electron chi connectivity index (χ4n) is 4.88. The van der Waals surface area contributed by atoms with Crippen LogP contribution in [-0.4, -0.2) is 41.8 Å². The van der Waals surface area contributed by atoms with E-state index in [1.54, 1.807) is 36.5 Å².